The number of anilines is 2. The zero-order chi connectivity index (χ0) is 27.1. The molecule has 37 heavy (non-hydrogen) atoms. The summed E-state index contributed by atoms with van der Waals surface area (Å²) in [7, 11) is -3.35. The van der Waals surface area contributed by atoms with Gasteiger partial charge in [-0.2, -0.15) is 0 Å². The summed E-state index contributed by atoms with van der Waals surface area (Å²) < 4.78 is 67.6. The van der Waals surface area contributed by atoms with Crippen molar-refractivity contribution in [1.82, 2.24) is 9.97 Å². The number of nitrogen functional groups attached to an aromatic ring is 1. The van der Waals surface area contributed by atoms with Crippen LogP contribution in [-0.2, 0) is 9.84 Å². The number of hydrogen-bond donors (Lipinski definition) is 3. The van der Waals surface area contributed by atoms with Gasteiger partial charge in [-0.3, -0.25) is 9.78 Å². The van der Waals surface area contributed by atoms with Crippen LogP contribution in [0.15, 0.2) is 42.7 Å². The molecule has 1 saturated carbocycles. The number of amides is 1. The van der Waals surface area contributed by atoms with Crippen LogP contribution >= 0.6 is 0 Å². The molecule has 8 nitrogen and oxygen atoms in total. The van der Waals surface area contributed by atoms with Gasteiger partial charge >= 0.3 is 0 Å². The van der Waals surface area contributed by atoms with Crippen molar-refractivity contribution < 1.29 is 26.4 Å². The van der Waals surface area contributed by atoms with Crippen LogP contribution in [0.4, 0.5) is 24.5 Å². The summed E-state index contributed by atoms with van der Waals surface area (Å²) in [5, 5.41) is 1.97. The minimum atomic E-state index is -3.35. The van der Waals surface area contributed by atoms with E-state index in [1.54, 1.807) is 6.07 Å². The van der Waals surface area contributed by atoms with Crippen molar-refractivity contribution in [3.8, 4) is 11.3 Å². The van der Waals surface area contributed by atoms with E-state index in [2.05, 4.69) is 15.3 Å². The van der Waals surface area contributed by atoms with E-state index >= 15 is 0 Å². The number of nitrogens with zero attached hydrogens (tertiary/aromatic N) is 2. The lowest BCUT2D eigenvalue weighted by Gasteiger charge is -2.38. The van der Waals surface area contributed by atoms with Crippen molar-refractivity contribution in [2.45, 2.75) is 37.0 Å². The number of carbonyl (C=O) groups is 1. The number of hydrogen-bond acceptors (Lipinski definition) is 7. The molecular weight excluding hydrogens is 507 g/mol. The first-order valence-electron chi connectivity index (χ1n) is 11.5. The van der Waals surface area contributed by atoms with Crippen molar-refractivity contribution in [2.75, 3.05) is 17.3 Å². The Bertz CT molecular complexity index is 1440. The second-order valence-electron chi connectivity index (χ2n) is 9.37. The number of aromatic nitrogens is 2. The van der Waals surface area contributed by atoms with Crippen LogP contribution in [-0.4, -0.2) is 41.8 Å². The maximum Gasteiger partial charge on any atom is 0.276 e. The highest BCUT2D eigenvalue weighted by Crippen LogP contribution is 2.40. The predicted octanol–water partition coefficient (Wildman–Crippen LogP) is 3.65. The van der Waals surface area contributed by atoms with Crippen molar-refractivity contribution in [2.24, 2.45) is 11.7 Å². The van der Waals surface area contributed by atoms with Crippen molar-refractivity contribution in [3.05, 3.63) is 71.4 Å². The third-order valence-electron chi connectivity index (χ3n) is 6.65. The predicted molar refractivity (Wildman–Crippen MR) is 134 cm³/mol. The largest absolute Gasteiger partial charge is 0.397 e. The van der Waals surface area contributed by atoms with Crippen LogP contribution in [0.25, 0.3) is 11.3 Å². The number of benzene rings is 1. The van der Waals surface area contributed by atoms with Crippen molar-refractivity contribution in [3.63, 3.8) is 0 Å². The fourth-order valence-corrected chi connectivity index (χ4v) is 6.89. The minimum Gasteiger partial charge on any atom is -0.397 e. The normalized spacial score (nSPS) is 22.0. The van der Waals surface area contributed by atoms with E-state index < -0.39 is 61.4 Å². The number of nitrogens with one attached hydrogen (secondary N) is 1. The van der Waals surface area contributed by atoms with E-state index in [1.165, 1.54) is 18.6 Å². The van der Waals surface area contributed by atoms with E-state index in [9.17, 15) is 26.4 Å². The van der Waals surface area contributed by atoms with E-state index in [0.717, 1.165) is 24.3 Å². The van der Waals surface area contributed by atoms with Gasteiger partial charge in [-0.25, -0.2) is 26.6 Å². The Kier molecular flexibility index (Phi) is 7.24. The highest BCUT2D eigenvalue weighted by atomic mass is 32.2. The SMILES string of the molecule is C[C@H]1C[C@@H](c2ccncc2NC(=O)c2nc(-c3c(F)cccc3F)c(F)cc2N)C[C@@H](N)[C@H]1S(C)(=O)=O. The monoisotopic (exact) mass is 533 g/mol. The Hall–Kier alpha value is -3.51. The highest BCUT2D eigenvalue weighted by molar-refractivity contribution is 7.91. The van der Waals surface area contributed by atoms with Gasteiger partial charge in [-0.05, 0) is 48.4 Å². The van der Waals surface area contributed by atoms with E-state index in [1.807, 2.05) is 6.92 Å². The zero-order valence-electron chi connectivity index (χ0n) is 20.1. The molecule has 1 fully saturated rings. The molecule has 2 aromatic heterocycles. The minimum absolute atomic E-state index is 0.178. The van der Waals surface area contributed by atoms with Gasteiger partial charge in [-0.15, -0.1) is 0 Å². The summed E-state index contributed by atoms with van der Waals surface area (Å²) in [6.07, 6.45) is 4.99. The Balaban J connectivity index is 1.66. The van der Waals surface area contributed by atoms with Gasteiger partial charge in [-0.1, -0.05) is 13.0 Å². The standard InChI is InChI=1S/C25H26F3N5O3S/c1-12-8-13(9-19(30)24(12)37(2,35)36)14-6-7-31-11-20(14)32-25(34)23-18(29)10-17(28)22(33-23)21-15(26)4-3-5-16(21)27/h3-7,10-13,19,24H,8-9,29-30H2,1-2H3,(H,32,34)/t12-,13+,19+,24-/m0/s1. The molecule has 196 valence electrons. The molecular formula is C25H26F3N5O3S. The summed E-state index contributed by atoms with van der Waals surface area (Å²) in [5.41, 5.74) is 10.9. The van der Waals surface area contributed by atoms with Gasteiger partial charge in [0.05, 0.1) is 28.4 Å². The molecule has 12 heteroatoms. The van der Waals surface area contributed by atoms with Gasteiger partial charge in [0.1, 0.15) is 17.3 Å². The van der Waals surface area contributed by atoms with E-state index in [-0.39, 0.29) is 17.5 Å². The first-order chi connectivity index (χ1) is 17.4. The zero-order valence-corrected chi connectivity index (χ0v) is 20.9. The first kappa shape index (κ1) is 26.6. The molecule has 4 rings (SSSR count). The summed E-state index contributed by atoms with van der Waals surface area (Å²) in [6, 6.07) is 4.89. The molecule has 4 atom stereocenters. The fourth-order valence-electron chi connectivity index (χ4n) is 5.19. The lowest BCUT2D eigenvalue weighted by Crippen LogP contribution is -2.48. The Morgan fingerprint density at radius 1 is 1.11 bits per heavy atom. The third kappa shape index (κ3) is 5.30. The lowest BCUT2D eigenvalue weighted by molar-refractivity contribution is 0.102. The number of halogens is 3. The number of sulfone groups is 1. The van der Waals surface area contributed by atoms with Crippen LogP contribution < -0.4 is 16.8 Å². The molecule has 1 aliphatic rings. The van der Waals surface area contributed by atoms with Crippen molar-refractivity contribution >= 4 is 27.1 Å². The maximum atomic E-state index is 14.6. The molecule has 0 aliphatic heterocycles. The molecule has 1 aromatic carbocycles. The highest BCUT2D eigenvalue weighted by Gasteiger charge is 2.40. The Morgan fingerprint density at radius 3 is 2.41 bits per heavy atom. The molecule has 0 bridgehead atoms. The third-order valence-corrected chi connectivity index (χ3v) is 8.46. The number of nitrogens with two attached hydrogens (primary N) is 2. The topological polar surface area (TPSA) is 141 Å². The quantitative estimate of drug-likeness (QED) is 0.455. The second kappa shape index (κ2) is 10.1. The average Bonchev–Trinajstić information content (AvgIpc) is 2.79. The molecule has 3 aromatic rings. The summed E-state index contributed by atoms with van der Waals surface area (Å²) in [4.78, 5) is 21.1. The van der Waals surface area contributed by atoms with Gasteiger partial charge in [0.2, 0.25) is 0 Å². The molecule has 1 amide bonds. The maximum absolute atomic E-state index is 14.6. The van der Waals surface area contributed by atoms with Gasteiger partial charge in [0.25, 0.3) is 5.91 Å². The lowest BCUT2D eigenvalue weighted by atomic mass is 9.76. The number of carbonyl (C=O) groups excluding carboxylic acids is 1. The van der Waals surface area contributed by atoms with Crippen LogP contribution in [0.2, 0.25) is 0 Å². The smallest absolute Gasteiger partial charge is 0.276 e. The van der Waals surface area contributed by atoms with Crippen LogP contribution in [0.3, 0.4) is 0 Å². The molecule has 0 saturated heterocycles. The molecule has 0 spiro atoms. The van der Waals surface area contributed by atoms with Crippen LogP contribution in [0.5, 0.6) is 0 Å². The van der Waals surface area contributed by atoms with E-state index in [0.29, 0.717) is 24.1 Å². The number of rotatable bonds is 5. The Morgan fingerprint density at radius 2 is 1.78 bits per heavy atom. The molecule has 2 heterocycles. The summed E-state index contributed by atoms with van der Waals surface area (Å²) in [6.45, 7) is 1.82. The van der Waals surface area contributed by atoms with Crippen LogP contribution in [0, 0.1) is 23.4 Å². The summed E-state index contributed by atoms with van der Waals surface area (Å²) >= 11 is 0. The van der Waals surface area contributed by atoms with Gasteiger partial charge < -0.3 is 16.8 Å². The average molecular weight is 534 g/mol. The van der Waals surface area contributed by atoms with Crippen LogP contribution in [0.1, 0.15) is 41.7 Å². The van der Waals surface area contributed by atoms with Gasteiger partial charge in [0, 0.05) is 24.6 Å². The molecule has 0 radical (unpaired) electrons. The van der Waals surface area contributed by atoms with Gasteiger partial charge in [0.15, 0.2) is 21.3 Å². The molecule has 5 N–H and O–H groups in total. The number of pyridine rings is 2. The first-order valence-corrected chi connectivity index (χ1v) is 13.4. The van der Waals surface area contributed by atoms with E-state index in [4.69, 9.17) is 11.5 Å². The fraction of sp³-hybridized carbons (Fsp3) is 0.320. The molecule has 0 unspecified atom stereocenters. The molecule has 1 aliphatic carbocycles. The van der Waals surface area contributed by atoms with Crippen molar-refractivity contribution in [1.29, 1.82) is 0 Å². The summed E-state index contributed by atoms with van der Waals surface area (Å²) in [5.74, 6) is -4.44. The Labute approximate surface area is 212 Å². The second-order valence-corrected chi connectivity index (χ2v) is 11.6.